The fraction of sp³-hybridized carbons (Fsp3) is 0.286. The summed E-state index contributed by atoms with van der Waals surface area (Å²) in [4.78, 5) is 29.0. The van der Waals surface area contributed by atoms with Crippen molar-refractivity contribution in [3.05, 3.63) is 41.2 Å². The van der Waals surface area contributed by atoms with Gasteiger partial charge in [-0.3, -0.25) is 9.59 Å². The van der Waals surface area contributed by atoms with E-state index in [0.29, 0.717) is 46.5 Å². The smallest absolute Gasteiger partial charge is 0.325 e. The maximum absolute atomic E-state index is 12.5. The Balaban J connectivity index is 1.67. The highest BCUT2D eigenvalue weighted by molar-refractivity contribution is 7.16. The maximum atomic E-state index is 12.5. The van der Waals surface area contributed by atoms with E-state index in [4.69, 9.17) is 23.7 Å². The van der Waals surface area contributed by atoms with Gasteiger partial charge in [0, 0.05) is 12.1 Å². The molecule has 4 rings (SSSR count). The molecule has 0 spiro atoms. The van der Waals surface area contributed by atoms with Gasteiger partial charge in [0.05, 0.1) is 24.4 Å². The van der Waals surface area contributed by atoms with Crippen LogP contribution >= 0.6 is 11.3 Å². The highest BCUT2D eigenvalue weighted by Gasteiger charge is 2.18. The number of rotatable bonds is 6. The van der Waals surface area contributed by atoms with Crippen molar-refractivity contribution in [2.75, 3.05) is 34.0 Å². The van der Waals surface area contributed by atoms with Gasteiger partial charge in [0.1, 0.15) is 19.8 Å². The summed E-state index contributed by atoms with van der Waals surface area (Å²) in [6.45, 7) is 0.517. The lowest BCUT2D eigenvalue weighted by atomic mass is 10.2. The molecule has 0 N–H and O–H groups in total. The zero-order valence-corrected chi connectivity index (χ0v) is 17.8. The lowest BCUT2D eigenvalue weighted by molar-refractivity contribution is -0.141. The molecule has 0 radical (unpaired) electrons. The second-order valence-electron chi connectivity index (χ2n) is 6.46. The van der Waals surface area contributed by atoms with E-state index in [1.807, 2.05) is 6.07 Å². The van der Waals surface area contributed by atoms with Crippen molar-refractivity contribution in [3.8, 4) is 23.0 Å². The zero-order chi connectivity index (χ0) is 21.8. The van der Waals surface area contributed by atoms with Crippen molar-refractivity contribution in [1.82, 2.24) is 4.57 Å². The Hall–Kier alpha value is -3.53. The Bertz CT molecular complexity index is 1200. The van der Waals surface area contributed by atoms with E-state index in [2.05, 4.69) is 4.99 Å². The number of carbonyl (C=O) groups excluding carboxylic acids is 2. The van der Waals surface area contributed by atoms with Crippen LogP contribution < -0.4 is 23.7 Å². The van der Waals surface area contributed by atoms with E-state index in [1.54, 1.807) is 34.9 Å². The lowest BCUT2D eigenvalue weighted by Gasteiger charge is -2.18. The molecule has 0 atom stereocenters. The molecule has 2 heterocycles. The van der Waals surface area contributed by atoms with Crippen molar-refractivity contribution in [2.24, 2.45) is 4.99 Å². The number of aromatic nitrogens is 1. The van der Waals surface area contributed by atoms with Crippen molar-refractivity contribution < 1.29 is 33.3 Å². The van der Waals surface area contributed by atoms with E-state index in [0.717, 1.165) is 4.70 Å². The average molecular weight is 444 g/mol. The van der Waals surface area contributed by atoms with Crippen molar-refractivity contribution in [1.29, 1.82) is 0 Å². The normalized spacial score (nSPS) is 13.2. The molecule has 10 heteroatoms. The van der Waals surface area contributed by atoms with Crippen LogP contribution in [0.25, 0.3) is 10.2 Å². The zero-order valence-electron chi connectivity index (χ0n) is 17.0. The van der Waals surface area contributed by atoms with Gasteiger partial charge < -0.3 is 28.3 Å². The van der Waals surface area contributed by atoms with Crippen LogP contribution in [0.2, 0.25) is 0 Å². The summed E-state index contributed by atoms with van der Waals surface area (Å²) < 4.78 is 29.2. The molecular formula is C21H20N2O7S. The molecule has 31 heavy (non-hydrogen) atoms. The first-order valence-electron chi connectivity index (χ1n) is 9.42. The molecule has 0 unspecified atom stereocenters. The molecule has 0 saturated carbocycles. The van der Waals surface area contributed by atoms with Gasteiger partial charge in [-0.25, -0.2) is 0 Å². The number of hydrogen-bond acceptors (Lipinski definition) is 8. The topological polar surface area (TPSA) is 97.6 Å². The molecule has 1 aliphatic heterocycles. The van der Waals surface area contributed by atoms with E-state index < -0.39 is 11.9 Å². The molecular weight excluding hydrogens is 424 g/mol. The van der Waals surface area contributed by atoms with Crippen LogP contribution in [0, 0.1) is 0 Å². The third-order valence-corrected chi connectivity index (χ3v) is 5.54. The quantitative estimate of drug-likeness (QED) is 0.538. The second kappa shape index (κ2) is 9.09. The minimum atomic E-state index is -0.506. The molecule has 0 bridgehead atoms. The lowest BCUT2D eigenvalue weighted by Crippen LogP contribution is -2.23. The van der Waals surface area contributed by atoms with Crippen molar-refractivity contribution >= 4 is 33.4 Å². The van der Waals surface area contributed by atoms with Crippen LogP contribution in [0.3, 0.4) is 0 Å². The molecule has 3 aromatic rings. The summed E-state index contributed by atoms with van der Waals surface area (Å²) >= 11 is 1.26. The molecule has 1 aromatic heterocycles. The Morgan fingerprint density at radius 3 is 2.52 bits per heavy atom. The van der Waals surface area contributed by atoms with E-state index in [9.17, 15) is 9.59 Å². The number of ether oxygens (including phenoxy) is 5. The number of amides is 1. The number of para-hydroxylation sites is 2. The van der Waals surface area contributed by atoms with Gasteiger partial charge in [0.25, 0.3) is 5.91 Å². The molecule has 0 fully saturated rings. The Labute approximate surface area is 181 Å². The van der Waals surface area contributed by atoms with Crippen molar-refractivity contribution in [2.45, 2.75) is 6.54 Å². The standard InChI is InChI=1S/C21H20N2O7S/c1-26-14-5-3-4-6-15(14)30-12-19(24)22-21-23(11-20(25)27-2)13-9-16-17(10-18(13)31-21)29-8-7-28-16/h3-6,9-10H,7-8,11-12H2,1-2H3. The number of benzene rings is 2. The van der Waals surface area contributed by atoms with Crippen LogP contribution in [-0.2, 0) is 20.9 Å². The second-order valence-corrected chi connectivity index (χ2v) is 7.46. The van der Waals surface area contributed by atoms with E-state index in [-0.39, 0.29) is 13.2 Å². The van der Waals surface area contributed by atoms with Gasteiger partial charge >= 0.3 is 5.97 Å². The van der Waals surface area contributed by atoms with Crippen molar-refractivity contribution in [3.63, 3.8) is 0 Å². The first-order valence-corrected chi connectivity index (χ1v) is 10.2. The van der Waals surface area contributed by atoms with Crippen LogP contribution in [0.1, 0.15) is 0 Å². The summed E-state index contributed by atoms with van der Waals surface area (Å²) in [6, 6.07) is 10.6. The number of carbonyl (C=O) groups is 2. The maximum Gasteiger partial charge on any atom is 0.325 e. The highest BCUT2D eigenvalue weighted by atomic mass is 32.1. The molecule has 9 nitrogen and oxygen atoms in total. The predicted molar refractivity (Wildman–Crippen MR) is 112 cm³/mol. The van der Waals surface area contributed by atoms with Gasteiger partial charge in [-0.1, -0.05) is 23.5 Å². The summed E-state index contributed by atoms with van der Waals surface area (Å²) in [6.07, 6.45) is 0. The number of nitrogens with zero attached hydrogens (tertiary/aromatic N) is 2. The first kappa shape index (κ1) is 20.7. The molecule has 1 amide bonds. The minimum Gasteiger partial charge on any atom is -0.493 e. The number of esters is 1. The van der Waals surface area contributed by atoms with Crippen LogP contribution in [0.5, 0.6) is 23.0 Å². The van der Waals surface area contributed by atoms with E-state index >= 15 is 0 Å². The Morgan fingerprint density at radius 1 is 1.10 bits per heavy atom. The monoisotopic (exact) mass is 444 g/mol. The third kappa shape index (κ3) is 4.48. The number of fused-ring (bicyclic) bond motifs is 2. The predicted octanol–water partition coefficient (Wildman–Crippen LogP) is 2.16. The molecule has 1 aliphatic rings. The van der Waals surface area contributed by atoms with Gasteiger partial charge in [0.15, 0.2) is 34.4 Å². The summed E-state index contributed by atoms with van der Waals surface area (Å²) in [5, 5.41) is 0. The van der Waals surface area contributed by atoms with Crippen LogP contribution in [0.15, 0.2) is 41.4 Å². The van der Waals surface area contributed by atoms with Gasteiger partial charge in [-0.15, -0.1) is 0 Å². The summed E-state index contributed by atoms with van der Waals surface area (Å²) in [7, 11) is 2.83. The summed E-state index contributed by atoms with van der Waals surface area (Å²) in [5.74, 6) is 1.18. The number of hydrogen-bond donors (Lipinski definition) is 0. The summed E-state index contributed by atoms with van der Waals surface area (Å²) in [5.41, 5.74) is 0.692. The average Bonchev–Trinajstić information content (AvgIpc) is 3.11. The first-order chi connectivity index (χ1) is 15.1. The number of thiazole rings is 1. The largest absolute Gasteiger partial charge is 0.493 e. The van der Waals surface area contributed by atoms with Crippen LogP contribution in [-0.4, -0.2) is 50.5 Å². The molecule has 0 saturated heterocycles. The minimum absolute atomic E-state index is 0.102. The fourth-order valence-electron chi connectivity index (χ4n) is 3.05. The van der Waals surface area contributed by atoms with Gasteiger partial charge in [0.2, 0.25) is 0 Å². The number of methoxy groups -OCH3 is 2. The Kier molecular flexibility index (Phi) is 6.08. The van der Waals surface area contributed by atoms with Crippen LogP contribution in [0.4, 0.5) is 0 Å². The molecule has 0 aliphatic carbocycles. The van der Waals surface area contributed by atoms with E-state index in [1.165, 1.54) is 25.6 Å². The van der Waals surface area contributed by atoms with Gasteiger partial charge in [-0.2, -0.15) is 4.99 Å². The fourth-order valence-corrected chi connectivity index (χ4v) is 4.11. The molecule has 162 valence electrons. The molecule has 2 aromatic carbocycles. The van der Waals surface area contributed by atoms with Gasteiger partial charge in [-0.05, 0) is 12.1 Å². The highest BCUT2D eigenvalue weighted by Crippen LogP contribution is 2.35. The Morgan fingerprint density at radius 2 is 1.81 bits per heavy atom. The SMILES string of the molecule is COC(=O)Cn1c(=NC(=O)COc2ccccc2OC)sc2cc3c(cc21)OCCO3. The third-order valence-electron chi connectivity index (χ3n) is 4.50.